The van der Waals surface area contributed by atoms with Crippen LogP contribution in [-0.2, 0) is 0 Å². The van der Waals surface area contributed by atoms with Crippen molar-refractivity contribution in [1.29, 1.82) is 0 Å². The minimum atomic E-state index is -0.715. The number of hydrogen-bond acceptors (Lipinski definition) is 2. The number of rotatable bonds is 4. The highest BCUT2D eigenvalue weighted by atomic mass is 16.3. The van der Waals surface area contributed by atoms with Crippen molar-refractivity contribution in [3.63, 3.8) is 0 Å². The first-order chi connectivity index (χ1) is 10.1. The van der Waals surface area contributed by atoms with Gasteiger partial charge in [0.05, 0.1) is 6.10 Å². The van der Waals surface area contributed by atoms with E-state index in [2.05, 4.69) is 10.6 Å². The normalized spacial score (nSPS) is 11.8. The molecule has 0 spiro atoms. The quantitative estimate of drug-likeness (QED) is 0.807. The van der Waals surface area contributed by atoms with Gasteiger partial charge in [-0.2, -0.15) is 0 Å². The maximum absolute atomic E-state index is 11.8. The molecule has 2 amide bonds. The van der Waals surface area contributed by atoms with Gasteiger partial charge in [0.1, 0.15) is 0 Å². The van der Waals surface area contributed by atoms with Gasteiger partial charge in [0.25, 0.3) is 0 Å². The second kappa shape index (κ2) is 6.90. The molecule has 4 heteroatoms. The number of aliphatic hydroxyl groups excluding tert-OH is 1. The van der Waals surface area contributed by atoms with Crippen LogP contribution in [0.15, 0.2) is 48.5 Å². The van der Waals surface area contributed by atoms with Crippen LogP contribution in [0.25, 0.3) is 0 Å². The number of carbonyl (C=O) groups excluding carboxylic acids is 1. The zero-order chi connectivity index (χ0) is 15.2. The molecule has 0 aliphatic heterocycles. The Morgan fingerprint density at radius 1 is 1.10 bits per heavy atom. The molecular weight excluding hydrogens is 264 g/mol. The topological polar surface area (TPSA) is 61.4 Å². The zero-order valence-corrected chi connectivity index (χ0v) is 12.3. The Balaban J connectivity index is 1.86. The fourth-order valence-corrected chi connectivity index (χ4v) is 1.98. The van der Waals surface area contributed by atoms with E-state index in [9.17, 15) is 9.90 Å². The van der Waals surface area contributed by atoms with E-state index in [-0.39, 0.29) is 12.6 Å². The maximum atomic E-state index is 11.8. The van der Waals surface area contributed by atoms with Gasteiger partial charge in [-0.1, -0.05) is 48.0 Å². The van der Waals surface area contributed by atoms with Crippen LogP contribution in [0.1, 0.15) is 22.8 Å². The molecular formula is C17H20N2O2. The zero-order valence-electron chi connectivity index (χ0n) is 12.3. The van der Waals surface area contributed by atoms with E-state index >= 15 is 0 Å². The first-order valence-electron chi connectivity index (χ1n) is 6.91. The second-order valence-electron chi connectivity index (χ2n) is 5.08. The van der Waals surface area contributed by atoms with Crippen molar-refractivity contribution in [1.82, 2.24) is 5.32 Å². The van der Waals surface area contributed by atoms with Crippen molar-refractivity contribution in [3.05, 3.63) is 65.2 Å². The highest BCUT2D eigenvalue weighted by molar-refractivity contribution is 5.90. The molecule has 0 radical (unpaired) electrons. The third-order valence-electron chi connectivity index (χ3n) is 3.31. The van der Waals surface area contributed by atoms with Gasteiger partial charge in [0.2, 0.25) is 0 Å². The van der Waals surface area contributed by atoms with Crippen molar-refractivity contribution in [3.8, 4) is 0 Å². The number of urea groups is 1. The molecule has 2 aromatic rings. The van der Waals surface area contributed by atoms with Gasteiger partial charge >= 0.3 is 6.03 Å². The number of aliphatic hydroxyl groups is 1. The number of nitrogens with one attached hydrogen (secondary N) is 2. The molecule has 0 saturated carbocycles. The van der Waals surface area contributed by atoms with Crippen molar-refractivity contribution < 1.29 is 9.90 Å². The number of aryl methyl sites for hydroxylation is 2. The summed E-state index contributed by atoms with van der Waals surface area (Å²) in [5, 5.41) is 15.5. The summed E-state index contributed by atoms with van der Waals surface area (Å²) in [5.41, 5.74) is 3.68. The highest BCUT2D eigenvalue weighted by Crippen LogP contribution is 2.14. The lowest BCUT2D eigenvalue weighted by Crippen LogP contribution is -2.32. The summed E-state index contributed by atoms with van der Waals surface area (Å²) in [7, 11) is 0. The van der Waals surface area contributed by atoms with Crippen LogP contribution in [0.2, 0.25) is 0 Å². The predicted molar refractivity (Wildman–Crippen MR) is 84.3 cm³/mol. The van der Waals surface area contributed by atoms with Crippen LogP contribution >= 0.6 is 0 Å². The summed E-state index contributed by atoms with van der Waals surface area (Å²) in [6.45, 7) is 4.08. The number of amides is 2. The minimum Gasteiger partial charge on any atom is -0.387 e. The number of benzene rings is 2. The minimum absolute atomic E-state index is 0.167. The van der Waals surface area contributed by atoms with Crippen LogP contribution < -0.4 is 10.6 Å². The summed E-state index contributed by atoms with van der Waals surface area (Å²) >= 11 is 0. The molecule has 4 nitrogen and oxygen atoms in total. The predicted octanol–water partition coefficient (Wildman–Crippen LogP) is 3.16. The standard InChI is InChI=1S/C17H20N2O2/c1-12-7-9-14(10-8-12)16(20)11-18-17(21)19-15-6-4-3-5-13(15)2/h3-10,16,20H,11H2,1-2H3,(H2,18,19,21)/t16-/m1/s1. The molecule has 0 aromatic heterocycles. The van der Waals surface area contributed by atoms with Crippen molar-refractivity contribution in [2.45, 2.75) is 20.0 Å². The van der Waals surface area contributed by atoms with Crippen molar-refractivity contribution in [2.24, 2.45) is 0 Å². The Hall–Kier alpha value is -2.33. The first kappa shape index (κ1) is 15.1. The molecule has 0 fully saturated rings. The highest BCUT2D eigenvalue weighted by Gasteiger charge is 2.09. The molecule has 1 atom stereocenters. The van der Waals surface area contributed by atoms with Crippen LogP contribution in [0.3, 0.4) is 0 Å². The summed E-state index contributed by atoms with van der Waals surface area (Å²) in [6.07, 6.45) is -0.715. The molecule has 0 aliphatic rings. The lowest BCUT2D eigenvalue weighted by Gasteiger charge is -2.14. The summed E-state index contributed by atoms with van der Waals surface area (Å²) in [4.78, 5) is 11.8. The lowest BCUT2D eigenvalue weighted by atomic mass is 10.1. The lowest BCUT2D eigenvalue weighted by molar-refractivity contribution is 0.175. The van der Waals surface area contributed by atoms with E-state index in [1.807, 2.05) is 62.4 Å². The van der Waals surface area contributed by atoms with Crippen LogP contribution in [0, 0.1) is 13.8 Å². The average molecular weight is 284 g/mol. The van der Waals surface area contributed by atoms with Crippen molar-refractivity contribution >= 4 is 11.7 Å². The van der Waals surface area contributed by atoms with Gasteiger partial charge in [-0.15, -0.1) is 0 Å². The van der Waals surface area contributed by atoms with E-state index in [1.165, 1.54) is 0 Å². The number of carbonyl (C=O) groups is 1. The fourth-order valence-electron chi connectivity index (χ4n) is 1.98. The third kappa shape index (κ3) is 4.33. The van der Waals surface area contributed by atoms with Gasteiger partial charge in [0, 0.05) is 12.2 Å². The van der Waals surface area contributed by atoms with Gasteiger partial charge in [-0.05, 0) is 31.0 Å². The van der Waals surface area contributed by atoms with Gasteiger partial charge in [-0.3, -0.25) is 0 Å². The molecule has 0 saturated heterocycles. The molecule has 2 aromatic carbocycles. The monoisotopic (exact) mass is 284 g/mol. The molecule has 2 rings (SSSR count). The summed E-state index contributed by atoms with van der Waals surface area (Å²) in [5.74, 6) is 0. The average Bonchev–Trinajstić information content (AvgIpc) is 2.48. The van der Waals surface area contributed by atoms with E-state index in [1.54, 1.807) is 0 Å². The Morgan fingerprint density at radius 3 is 2.43 bits per heavy atom. The molecule has 0 aliphatic carbocycles. The molecule has 0 bridgehead atoms. The SMILES string of the molecule is Cc1ccc([C@H](O)CNC(=O)Nc2ccccc2C)cc1. The third-order valence-corrected chi connectivity index (χ3v) is 3.31. The molecule has 0 heterocycles. The number of para-hydroxylation sites is 1. The smallest absolute Gasteiger partial charge is 0.319 e. The number of hydrogen-bond donors (Lipinski definition) is 3. The summed E-state index contributed by atoms with van der Waals surface area (Å²) < 4.78 is 0. The van der Waals surface area contributed by atoms with Crippen molar-refractivity contribution in [2.75, 3.05) is 11.9 Å². The van der Waals surface area contributed by atoms with Crippen LogP contribution in [-0.4, -0.2) is 17.7 Å². The number of anilines is 1. The second-order valence-corrected chi connectivity index (χ2v) is 5.08. The largest absolute Gasteiger partial charge is 0.387 e. The van der Waals surface area contributed by atoms with E-state index in [4.69, 9.17) is 0 Å². The molecule has 21 heavy (non-hydrogen) atoms. The molecule has 0 unspecified atom stereocenters. The molecule has 3 N–H and O–H groups in total. The van der Waals surface area contributed by atoms with E-state index < -0.39 is 6.10 Å². The van der Waals surface area contributed by atoms with Gasteiger partial charge in [0.15, 0.2) is 0 Å². The molecule has 110 valence electrons. The maximum Gasteiger partial charge on any atom is 0.319 e. The van der Waals surface area contributed by atoms with Crippen LogP contribution in [0.5, 0.6) is 0 Å². The Morgan fingerprint density at radius 2 is 1.76 bits per heavy atom. The fraction of sp³-hybridized carbons (Fsp3) is 0.235. The van der Waals surface area contributed by atoms with E-state index in [0.29, 0.717) is 0 Å². The Labute approximate surface area is 124 Å². The Kier molecular flexibility index (Phi) is 4.95. The summed E-state index contributed by atoms with van der Waals surface area (Å²) in [6, 6.07) is 14.8. The van der Waals surface area contributed by atoms with E-state index in [0.717, 1.165) is 22.4 Å². The Bertz CT molecular complexity index is 608. The first-order valence-corrected chi connectivity index (χ1v) is 6.91. The van der Waals surface area contributed by atoms with Gasteiger partial charge < -0.3 is 15.7 Å². The van der Waals surface area contributed by atoms with Gasteiger partial charge in [-0.25, -0.2) is 4.79 Å². The van der Waals surface area contributed by atoms with Crippen LogP contribution in [0.4, 0.5) is 10.5 Å².